The number of ether oxygens (including phenoxy) is 1. The topological polar surface area (TPSA) is 42.6 Å². The Balaban J connectivity index is 1.75. The van der Waals surface area contributed by atoms with Crippen LogP contribution in [0.2, 0.25) is 5.02 Å². The first kappa shape index (κ1) is 13.0. The summed E-state index contributed by atoms with van der Waals surface area (Å²) in [5.74, 6) is 0.589. The Morgan fingerprint density at radius 2 is 2.21 bits per heavy atom. The molecule has 2 aromatic rings. The summed E-state index contributed by atoms with van der Waals surface area (Å²) in [5, 5.41) is 11.8. The van der Waals surface area contributed by atoms with Gasteiger partial charge in [-0.25, -0.2) is 0 Å². The Kier molecular flexibility index (Phi) is 3.78. The zero-order valence-electron chi connectivity index (χ0n) is 10.6. The Bertz CT molecular complexity index is 558. The number of furan rings is 1. The molecule has 1 aromatic heterocycles. The van der Waals surface area contributed by atoms with Crippen LogP contribution in [0.5, 0.6) is 0 Å². The zero-order valence-corrected chi connectivity index (χ0v) is 11.4. The molecule has 2 heterocycles. The predicted molar refractivity (Wildman–Crippen MR) is 74.4 cm³/mol. The number of hydrogen-bond donors (Lipinski definition) is 1. The average molecular weight is 281 g/mol. The normalized spacial score (nSPS) is 21.7. The van der Waals surface area contributed by atoms with Crippen molar-refractivity contribution in [1.29, 1.82) is 0 Å². The van der Waals surface area contributed by atoms with E-state index >= 15 is 0 Å². The second-order valence-corrected chi connectivity index (χ2v) is 5.51. The largest absolute Gasteiger partial charge is 0.458 e. The highest BCUT2D eigenvalue weighted by atomic mass is 35.5. The molecule has 0 aliphatic carbocycles. The van der Waals surface area contributed by atoms with E-state index in [1.54, 1.807) is 6.07 Å². The van der Waals surface area contributed by atoms with Gasteiger partial charge in [0.25, 0.3) is 0 Å². The Morgan fingerprint density at radius 1 is 1.32 bits per heavy atom. The van der Waals surface area contributed by atoms with E-state index in [-0.39, 0.29) is 6.10 Å². The van der Waals surface area contributed by atoms with E-state index in [0.29, 0.717) is 17.2 Å². The third kappa shape index (κ3) is 2.94. The molecule has 1 aliphatic heterocycles. The summed E-state index contributed by atoms with van der Waals surface area (Å²) in [6.07, 6.45) is 3.43. The van der Waals surface area contributed by atoms with E-state index in [9.17, 15) is 5.11 Å². The van der Waals surface area contributed by atoms with Crippen LogP contribution in [0.15, 0.2) is 28.7 Å². The van der Waals surface area contributed by atoms with Gasteiger partial charge in [-0.15, -0.1) is 0 Å². The molecule has 2 atom stereocenters. The van der Waals surface area contributed by atoms with Crippen molar-refractivity contribution in [2.45, 2.75) is 37.9 Å². The minimum absolute atomic E-state index is 0.139. The van der Waals surface area contributed by atoms with Crippen LogP contribution < -0.4 is 0 Å². The molecule has 0 bridgehead atoms. The molecule has 4 heteroatoms. The third-order valence-corrected chi connectivity index (χ3v) is 3.82. The molecule has 0 spiro atoms. The fraction of sp³-hybridized carbons (Fsp3) is 0.467. The molecule has 1 aliphatic rings. The summed E-state index contributed by atoms with van der Waals surface area (Å²) in [5.41, 5.74) is 0.753. The standard InChI is InChI=1S/C15H17ClO3/c16-11-4-5-14-10(7-11)8-15(19-14)13(17)9-12-3-1-2-6-18-12/h4-5,7-8,12-13,17H,1-3,6,9H2. The molecule has 1 aromatic carbocycles. The van der Waals surface area contributed by atoms with Gasteiger partial charge in [0.1, 0.15) is 17.4 Å². The number of aliphatic hydroxyl groups excluding tert-OH is 1. The van der Waals surface area contributed by atoms with Gasteiger partial charge in [-0.1, -0.05) is 11.6 Å². The Labute approximate surface area is 117 Å². The second kappa shape index (κ2) is 5.53. The predicted octanol–water partition coefficient (Wildman–Crippen LogP) is 4.08. The smallest absolute Gasteiger partial charge is 0.134 e. The molecule has 19 heavy (non-hydrogen) atoms. The first-order valence-corrected chi connectivity index (χ1v) is 7.09. The fourth-order valence-electron chi connectivity index (χ4n) is 2.56. The summed E-state index contributed by atoms with van der Waals surface area (Å²) in [6.45, 7) is 0.799. The van der Waals surface area contributed by atoms with Gasteiger partial charge in [-0.3, -0.25) is 0 Å². The van der Waals surface area contributed by atoms with Gasteiger partial charge < -0.3 is 14.3 Å². The van der Waals surface area contributed by atoms with Gasteiger partial charge in [-0.05, 0) is 43.5 Å². The number of aliphatic hydroxyl groups is 1. The lowest BCUT2D eigenvalue weighted by Gasteiger charge is -2.23. The SMILES string of the molecule is OC(CC1CCCCO1)c1cc2cc(Cl)ccc2o1. The van der Waals surface area contributed by atoms with Crippen molar-refractivity contribution in [3.05, 3.63) is 35.0 Å². The van der Waals surface area contributed by atoms with Crippen LogP contribution in [0, 0.1) is 0 Å². The van der Waals surface area contributed by atoms with Crippen molar-refractivity contribution >= 4 is 22.6 Å². The van der Waals surface area contributed by atoms with Crippen LogP contribution in [0.25, 0.3) is 11.0 Å². The molecule has 2 unspecified atom stereocenters. The number of halogens is 1. The molecule has 1 fully saturated rings. The van der Waals surface area contributed by atoms with Crippen LogP contribution in [0.1, 0.15) is 37.5 Å². The first-order valence-electron chi connectivity index (χ1n) is 6.71. The second-order valence-electron chi connectivity index (χ2n) is 5.07. The maximum Gasteiger partial charge on any atom is 0.134 e. The van der Waals surface area contributed by atoms with Gasteiger partial charge in [0.15, 0.2) is 0 Å². The van der Waals surface area contributed by atoms with Gasteiger partial charge in [0, 0.05) is 23.4 Å². The molecule has 1 saturated heterocycles. The van der Waals surface area contributed by atoms with E-state index in [1.807, 2.05) is 18.2 Å². The third-order valence-electron chi connectivity index (χ3n) is 3.59. The lowest BCUT2D eigenvalue weighted by molar-refractivity contribution is -0.0191. The van der Waals surface area contributed by atoms with Crippen LogP contribution in [-0.2, 0) is 4.74 Å². The van der Waals surface area contributed by atoms with Crippen LogP contribution in [-0.4, -0.2) is 17.8 Å². The van der Waals surface area contributed by atoms with E-state index in [4.69, 9.17) is 20.8 Å². The summed E-state index contributed by atoms with van der Waals surface area (Å²) in [4.78, 5) is 0. The molecule has 3 nitrogen and oxygen atoms in total. The number of fused-ring (bicyclic) bond motifs is 1. The minimum Gasteiger partial charge on any atom is -0.458 e. The summed E-state index contributed by atoms with van der Waals surface area (Å²) in [6, 6.07) is 7.31. The molecule has 102 valence electrons. The van der Waals surface area contributed by atoms with Crippen LogP contribution >= 0.6 is 11.6 Å². The molecule has 1 N–H and O–H groups in total. The quantitative estimate of drug-likeness (QED) is 0.921. The van der Waals surface area contributed by atoms with E-state index in [0.717, 1.165) is 30.4 Å². The van der Waals surface area contributed by atoms with E-state index in [2.05, 4.69) is 0 Å². The van der Waals surface area contributed by atoms with Crippen molar-refractivity contribution in [1.82, 2.24) is 0 Å². The van der Waals surface area contributed by atoms with Crippen LogP contribution in [0.3, 0.4) is 0 Å². The maximum absolute atomic E-state index is 10.2. The lowest BCUT2D eigenvalue weighted by Crippen LogP contribution is -2.21. The van der Waals surface area contributed by atoms with Crippen molar-refractivity contribution in [2.75, 3.05) is 6.61 Å². The summed E-state index contributed by atoms with van der Waals surface area (Å²) < 4.78 is 11.3. The lowest BCUT2D eigenvalue weighted by atomic mass is 10.0. The number of benzene rings is 1. The van der Waals surface area contributed by atoms with Gasteiger partial charge >= 0.3 is 0 Å². The highest BCUT2D eigenvalue weighted by molar-refractivity contribution is 6.31. The molecule has 0 saturated carbocycles. The Hall–Kier alpha value is -1.03. The van der Waals surface area contributed by atoms with Crippen LogP contribution in [0.4, 0.5) is 0 Å². The summed E-state index contributed by atoms with van der Waals surface area (Å²) in [7, 11) is 0. The summed E-state index contributed by atoms with van der Waals surface area (Å²) >= 11 is 5.94. The van der Waals surface area contributed by atoms with E-state index < -0.39 is 6.10 Å². The molecular formula is C15H17ClO3. The molecule has 0 amide bonds. The maximum atomic E-state index is 10.2. The van der Waals surface area contributed by atoms with Crippen molar-refractivity contribution in [2.24, 2.45) is 0 Å². The number of hydrogen-bond acceptors (Lipinski definition) is 3. The van der Waals surface area contributed by atoms with Gasteiger partial charge in [0.2, 0.25) is 0 Å². The van der Waals surface area contributed by atoms with Crippen molar-refractivity contribution < 1.29 is 14.3 Å². The average Bonchev–Trinajstić information content (AvgIpc) is 2.83. The monoisotopic (exact) mass is 280 g/mol. The van der Waals surface area contributed by atoms with Crippen molar-refractivity contribution in [3.63, 3.8) is 0 Å². The fourth-order valence-corrected chi connectivity index (χ4v) is 2.74. The Morgan fingerprint density at radius 3 is 3.00 bits per heavy atom. The van der Waals surface area contributed by atoms with E-state index in [1.165, 1.54) is 6.42 Å². The highest BCUT2D eigenvalue weighted by Crippen LogP contribution is 2.30. The number of rotatable bonds is 3. The molecular weight excluding hydrogens is 264 g/mol. The minimum atomic E-state index is -0.616. The molecule has 0 radical (unpaired) electrons. The highest BCUT2D eigenvalue weighted by Gasteiger charge is 2.21. The first-order chi connectivity index (χ1) is 9.22. The van der Waals surface area contributed by atoms with Crippen molar-refractivity contribution in [3.8, 4) is 0 Å². The van der Waals surface area contributed by atoms with Gasteiger partial charge in [-0.2, -0.15) is 0 Å². The zero-order chi connectivity index (χ0) is 13.2. The molecule has 3 rings (SSSR count). The van der Waals surface area contributed by atoms with Gasteiger partial charge in [0.05, 0.1) is 6.10 Å².